The maximum absolute atomic E-state index is 13.0. The number of nitrogens with one attached hydrogen (secondary N) is 1. The summed E-state index contributed by atoms with van der Waals surface area (Å²) in [5, 5.41) is 14.3. The van der Waals surface area contributed by atoms with Crippen molar-refractivity contribution in [1.82, 2.24) is 0 Å². The molecule has 0 bridgehead atoms. The van der Waals surface area contributed by atoms with E-state index >= 15 is 0 Å². The van der Waals surface area contributed by atoms with E-state index in [4.69, 9.17) is 16.3 Å². The molecule has 0 saturated carbocycles. The zero-order chi connectivity index (χ0) is 25.7. The highest BCUT2D eigenvalue weighted by Gasteiger charge is 2.30. The Morgan fingerprint density at radius 2 is 1.75 bits per heavy atom. The average Bonchev–Trinajstić information content (AvgIpc) is 2.87. The molecule has 4 rings (SSSR count). The number of ether oxygens (including phenoxy) is 1. The fourth-order valence-electron chi connectivity index (χ4n) is 3.56. The van der Waals surface area contributed by atoms with Crippen LogP contribution in [0.25, 0.3) is 16.8 Å². The van der Waals surface area contributed by atoms with Crippen LogP contribution in [-0.4, -0.2) is 5.91 Å². The molecule has 4 aromatic rings. The first-order valence-corrected chi connectivity index (χ1v) is 11.1. The number of carbonyl (C=O) groups excluding carboxylic acids is 1. The normalized spacial score (nSPS) is 11.7. The zero-order valence-electron chi connectivity index (χ0n) is 18.6. The lowest BCUT2D eigenvalue weighted by Crippen LogP contribution is -2.14. The van der Waals surface area contributed by atoms with Crippen LogP contribution in [0.4, 0.5) is 18.9 Å². The minimum Gasteiger partial charge on any atom is -0.488 e. The van der Waals surface area contributed by atoms with E-state index in [1.54, 1.807) is 18.2 Å². The smallest absolute Gasteiger partial charge is 0.416 e. The van der Waals surface area contributed by atoms with Crippen molar-refractivity contribution in [2.45, 2.75) is 12.8 Å². The second kappa shape index (κ2) is 10.5. The van der Waals surface area contributed by atoms with Crippen LogP contribution in [0.3, 0.4) is 0 Å². The Kier molecular flexibility index (Phi) is 7.28. The van der Waals surface area contributed by atoms with Crippen LogP contribution in [0.2, 0.25) is 5.02 Å². The molecule has 4 nitrogen and oxygen atoms in total. The van der Waals surface area contributed by atoms with Crippen molar-refractivity contribution in [3.8, 4) is 11.8 Å². The fraction of sp³-hybridized carbons (Fsp3) is 0.0714. The summed E-state index contributed by atoms with van der Waals surface area (Å²) in [6.07, 6.45) is -3.18. The van der Waals surface area contributed by atoms with Gasteiger partial charge in [-0.3, -0.25) is 4.79 Å². The van der Waals surface area contributed by atoms with E-state index in [0.29, 0.717) is 16.3 Å². The Morgan fingerprint density at radius 3 is 2.47 bits per heavy atom. The van der Waals surface area contributed by atoms with Gasteiger partial charge in [0, 0.05) is 16.3 Å². The first-order valence-electron chi connectivity index (χ1n) is 10.7. The molecular weight excluding hydrogens is 489 g/mol. The summed E-state index contributed by atoms with van der Waals surface area (Å²) in [7, 11) is 0. The highest BCUT2D eigenvalue weighted by Crippen LogP contribution is 2.32. The third-order valence-corrected chi connectivity index (χ3v) is 5.59. The molecule has 0 aliphatic rings. The van der Waals surface area contributed by atoms with E-state index in [9.17, 15) is 23.2 Å². The average molecular weight is 507 g/mol. The second-order valence-electron chi connectivity index (χ2n) is 7.82. The van der Waals surface area contributed by atoms with Gasteiger partial charge >= 0.3 is 6.18 Å². The van der Waals surface area contributed by atoms with Gasteiger partial charge in [-0.05, 0) is 58.8 Å². The van der Waals surface area contributed by atoms with Crippen molar-refractivity contribution in [3.63, 3.8) is 0 Å². The van der Waals surface area contributed by atoms with E-state index in [1.165, 1.54) is 18.2 Å². The molecule has 0 aromatic heterocycles. The lowest BCUT2D eigenvalue weighted by Gasteiger charge is -2.13. The molecule has 0 saturated heterocycles. The predicted molar refractivity (Wildman–Crippen MR) is 133 cm³/mol. The Bertz CT molecular complexity index is 1490. The molecule has 8 heteroatoms. The quantitative estimate of drug-likeness (QED) is 0.216. The van der Waals surface area contributed by atoms with Crippen molar-refractivity contribution in [1.29, 1.82) is 5.26 Å². The Hall–Kier alpha value is -4.28. The van der Waals surface area contributed by atoms with Crippen molar-refractivity contribution in [3.05, 3.63) is 112 Å². The van der Waals surface area contributed by atoms with Crippen molar-refractivity contribution in [2.75, 3.05) is 5.32 Å². The standard InChI is InChI=1S/C28H18ClF3N2O2/c29-22-11-8-18(9-12-22)17-36-26-13-10-19-4-1-2-7-24(19)25(26)14-20(16-33)27(35)34-23-6-3-5-21(15-23)28(30,31)32/h1-15H,17H2,(H,34,35)/b20-14+. The van der Waals surface area contributed by atoms with Gasteiger partial charge in [-0.2, -0.15) is 18.4 Å². The number of nitrogens with zero attached hydrogens (tertiary/aromatic N) is 1. The number of carbonyl (C=O) groups is 1. The number of benzene rings is 4. The van der Waals surface area contributed by atoms with Gasteiger partial charge in [-0.1, -0.05) is 60.1 Å². The zero-order valence-corrected chi connectivity index (χ0v) is 19.4. The molecule has 0 heterocycles. The summed E-state index contributed by atoms with van der Waals surface area (Å²) < 4.78 is 45.1. The third kappa shape index (κ3) is 5.85. The van der Waals surface area contributed by atoms with Crippen molar-refractivity contribution in [2.24, 2.45) is 0 Å². The molecule has 0 atom stereocenters. The summed E-state index contributed by atoms with van der Waals surface area (Å²) in [4.78, 5) is 12.8. The number of alkyl halides is 3. The van der Waals surface area contributed by atoms with Gasteiger partial charge in [0.05, 0.1) is 5.56 Å². The van der Waals surface area contributed by atoms with Gasteiger partial charge in [0.2, 0.25) is 0 Å². The van der Waals surface area contributed by atoms with Crippen LogP contribution in [0, 0.1) is 11.3 Å². The maximum atomic E-state index is 13.0. The highest BCUT2D eigenvalue weighted by molar-refractivity contribution is 6.30. The molecule has 0 aliphatic carbocycles. The molecule has 0 aliphatic heterocycles. The molecule has 1 amide bonds. The van der Waals surface area contributed by atoms with Crippen molar-refractivity contribution >= 4 is 40.0 Å². The van der Waals surface area contributed by atoms with Crippen LogP contribution in [0.5, 0.6) is 5.75 Å². The van der Waals surface area contributed by atoms with E-state index in [1.807, 2.05) is 48.5 Å². The minimum absolute atomic E-state index is 0.0758. The van der Waals surface area contributed by atoms with Gasteiger partial charge in [-0.25, -0.2) is 0 Å². The number of rotatable bonds is 6. The summed E-state index contributed by atoms with van der Waals surface area (Å²) in [6.45, 7) is 0.217. The van der Waals surface area contributed by atoms with E-state index in [2.05, 4.69) is 5.32 Å². The maximum Gasteiger partial charge on any atom is 0.416 e. The number of fused-ring (bicyclic) bond motifs is 1. The summed E-state index contributed by atoms with van der Waals surface area (Å²) in [6, 6.07) is 24.2. The molecule has 0 fully saturated rings. The molecule has 0 unspecified atom stereocenters. The second-order valence-corrected chi connectivity index (χ2v) is 8.25. The Balaban J connectivity index is 1.67. The van der Waals surface area contributed by atoms with Crippen LogP contribution in [-0.2, 0) is 17.6 Å². The van der Waals surface area contributed by atoms with Crippen LogP contribution in [0.1, 0.15) is 16.7 Å². The van der Waals surface area contributed by atoms with Crippen molar-refractivity contribution < 1.29 is 22.7 Å². The number of nitriles is 1. The first-order chi connectivity index (χ1) is 17.2. The molecule has 4 aromatic carbocycles. The van der Waals surface area contributed by atoms with Crippen LogP contribution >= 0.6 is 11.6 Å². The van der Waals surface area contributed by atoms with Gasteiger partial charge in [0.15, 0.2) is 0 Å². The van der Waals surface area contributed by atoms with E-state index in [-0.39, 0.29) is 17.9 Å². The summed E-state index contributed by atoms with van der Waals surface area (Å²) >= 11 is 5.94. The molecule has 180 valence electrons. The largest absolute Gasteiger partial charge is 0.488 e. The third-order valence-electron chi connectivity index (χ3n) is 5.34. The lowest BCUT2D eigenvalue weighted by atomic mass is 10.0. The van der Waals surface area contributed by atoms with Gasteiger partial charge < -0.3 is 10.1 Å². The number of halogens is 4. The SMILES string of the molecule is N#C/C(=C\c1c(OCc2ccc(Cl)cc2)ccc2ccccc12)C(=O)Nc1cccc(C(F)(F)F)c1. The minimum atomic E-state index is -4.56. The molecule has 0 radical (unpaired) electrons. The highest BCUT2D eigenvalue weighted by atomic mass is 35.5. The van der Waals surface area contributed by atoms with Gasteiger partial charge in [-0.15, -0.1) is 0 Å². The van der Waals surface area contributed by atoms with Gasteiger partial charge in [0.25, 0.3) is 5.91 Å². The Morgan fingerprint density at radius 1 is 1.00 bits per heavy atom. The Labute approximate surface area is 210 Å². The summed E-state index contributed by atoms with van der Waals surface area (Å²) in [5.41, 5.74) is 0.0889. The molecule has 0 spiro atoms. The number of hydrogen-bond donors (Lipinski definition) is 1. The monoisotopic (exact) mass is 506 g/mol. The predicted octanol–water partition coefficient (Wildman–Crippen LogP) is 7.64. The lowest BCUT2D eigenvalue weighted by molar-refractivity contribution is -0.137. The fourth-order valence-corrected chi connectivity index (χ4v) is 3.68. The number of amides is 1. The van der Waals surface area contributed by atoms with Gasteiger partial charge in [0.1, 0.15) is 24.0 Å². The summed E-state index contributed by atoms with van der Waals surface area (Å²) in [5.74, 6) is -0.406. The van der Waals surface area contributed by atoms with Crippen LogP contribution in [0.15, 0.2) is 90.5 Å². The number of hydrogen-bond acceptors (Lipinski definition) is 3. The van der Waals surface area contributed by atoms with Crippen LogP contribution < -0.4 is 10.1 Å². The molecular formula is C28H18ClF3N2O2. The molecule has 1 N–H and O–H groups in total. The van der Waals surface area contributed by atoms with E-state index < -0.39 is 17.6 Å². The van der Waals surface area contributed by atoms with E-state index in [0.717, 1.165) is 28.5 Å². The molecule has 36 heavy (non-hydrogen) atoms. The number of anilines is 1. The first kappa shape index (κ1) is 24.8. The topological polar surface area (TPSA) is 62.1 Å².